The SMILES string of the molecule is C[C@@H](CC(=O)OCC(=O)Nc1ccc2[nH]c(=O)[nH]c2c1)c1ccccc1. The smallest absolute Gasteiger partial charge is 0.323 e. The van der Waals surface area contributed by atoms with E-state index in [1.807, 2.05) is 37.3 Å². The number of H-pyrrole nitrogens is 2. The summed E-state index contributed by atoms with van der Waals surface area (Å²) >= 11 is 0. The van der Waals surface area contributed by atoms with E-state index in [2.05, 4.69) is 15.3 Å². The number of ether oxygens (including phenoxy) is 1. The average molecular weight is 353 g/mol. The van der Waals surface area contributed by atoms with E-state index < -0.39 is 11.9 Å². The highest BCUT2D eigenvalue weighted by atomic mass is 16.5. The number of hydrogen-bond acceptors (Lipinski definition) is 4. The largest absolute Gasteiger partial charge is 0.456 e. The summed E-state index contributed by atoms with van der Waals surface area (Å²) in [5.41, 5.74) is 2.47. The van der Waals surface area contributed by atoms with E-state index in [4.69, 9.17) is 4.74 Å². The number of imidazole rings is 1. The van der Waals surface area contributed by atoms with Gasteiger partial charge in [0, 0.05) is 5.69 Å². The Morgan fingerprint density at radius 2 is 1.81 bits per heavy atom. The molecule has 26 heavy (non-hydrogen) atoms. The van der Waals surface area contributed by atoms with Crippen LogP contribution in [-0.2, 0) is 14.3 Å². The van der Waals surface area contributed by atoms with E-state index in [1.54, 1.807) is 18.2 Å². The van der Waals surface area contributed by atoms with Gasteiger partial charge in [-0.3, -0.25) is 9.59 Å². The molecular formula is C19H19N3O4. The maximum Gasteiger partial charge on any atom is 0.323 e. The van der Waals surface area contributed by atoms with Crippen molar-refractivity contribution in [3.05, 3.63) is 64.6 Å². The molecule has 0 fully saturated rings. The molecule has 1 heterocycles. The van der Waals surface area contributed by atoms with Crippen molar-refractivity contribution in [3.63, 3.8) is 0 Å². The fraction of sp³-hybridized carbons (Fsp3) is 0.211. The summed E-state index contributed by atoms with van der Waals surface area (Å²) in [4.78, 5) is 40.3. The zero-order valence-corrected chi connectivity index (χ0v) is 14.2. The minimum Gasteiger partial charge on any atom is -0.456 e. The second-order valence-corrected chi connectivity index (χ2v) is 6.06. The van der Waals surface area contributed by atoms with Gasteiger partial charge in [0.2, 0.25) is 0 Å². The molecule has 2 aromatic carbocycles. The van der Waals surface area contributed by atoms with Crippen LogP contribution >= 0.6 is 0 Å². The number of amides is 1. The van der Waals surface area contributed by atoms with E-state index in [0.717, 1.165) is 5.56 Å². The summed E-state index contributed by atoms with van der Waals surface area (Å²) in [6.07, 6.45) is 0.202. The van der Waals surface area contributed by atoms with Crippen LogP contribution in [0.25, 0.3) is 11.0 Å². The Kier molecular flexibility index (Phi) is 5.17. The first-order valence-corrected chi connectivity index (χ1v) is 8.24. The van der Waals surface area contributed by atoms with Crippen LogP contribution < -0.4 is 11.0 Å². The molecule has 0 radical (unpaired) electrons. The van der Waals surface area contributed by atoms with Crippen molar-refractivity contribution in [2.45, 2.75) is 19.3 Å². The van der Waals surface area contributed by atoms with Gasteiger partial charge >= 0.3 is 11.7 Å². The summed E-state index contributed by atoms with van der Waals surface area (Å²) < 4.78 is 5.04. The van der Waals surface area contributed by atoms with Gasteiger partial charge < -0.3 is 20.0 Å². The van der Waals surface area contributed by atoms with Gasteiger partial charge in [0.1, 0.15) is 0 Å². The van der Waals surface area contributed by atoms with Crippen LogP contribution in [0.4, 0.5) is 5.69 Å². The molecule has 0 spiro atoms. The molecular weight excluding hydrogens is 334 g/mol. The summed E-state index contributed by atoms with van der Waals surface area (Å²) in [5.74, 6) is -0.857. The third-order valence-corrected chi connectivity index (χ3v) is 4.01. The van der Waals surface area contributed by atoms with Crippen molar-refractivity contribution in [1.82, 2.24) is 9.97 Å². The van der Waals surface area contributed by atoms with Crippen molar-refractivity contribution >= 4 is 28.6 Å². The maximum absolute atomic E-state index is 11.9. The van der Waals surface area contributed by atoms with Crippen molar-refractivity contribution in [2.75, 3.05) is 11.9 Å². The Bertz CT molecular complexity index is 975. The minimum absolute atomic E-state index is 0.0135. The Labute approximate surface area is 149 Å². The third kappa shape index (κ3) is 4.38. The van der Waals surface area contributed by atoms with Crippen LogP contribution in [0.15, 0.2) is 53.3 Å². The van der Waals surface area contributed by atoms with Crippen LogP contribution in [0.1, 0.15) is 24.8 Å². The highest BCUT2D eigenvalue weighted by Crippen LogP contribution is 2.19. The lowest BCUT2D eigenvalue weighted by Crippen LogP contribution is -2.21. The number of benzene rings is 2. The fourth-order valence-electron chi connectivity index (χ4n) is 2.66. The molecule has 134 valence electrons. The molecule has 1 amide bonds. The Hall–Kier alpha value is -3.35. The molecule has 0 bridgehead atoms. The number of rotatable bonds is 6. The average Bonchev–Trinajstić information content (AvgIpc) is 3.00. The second kappa shape index (κ2) is 7.69. The Morgan fingerprint density at radius 1 is 1.08 bits per heavy atom. The Balaban J connectivity index is 1.49. The summed E-state index contributed by atoms with van der Waals surface area (Å²) in [7, 11) is 0. The van der Waals surface area contributed by atoms with Crippen LogP contribution in [0.3, 0.4) is 0 Å². The lowest BCUT2D eigenvalue weighted by molar-refractivity contribution is -0.147. The van der Waals surface area contributed by atoms with Crippen LogP contribution in [0, 0.1) is 0 Å². The molecule has 1 aromatic heterocycles. The fourth-order valence-corrected chi connectivity index (χ4v) is 2.66. The molecule has 7 heteroatoms. The molecule has 0 aliphatic rings. The van der Waals surface area contributed by atoms with Gasteiger partial charge in [-0.05, 0) is 29.7 Å². The van der Waals surface area contributed by atoms with Crippen molar-refractivity contribution < 1.29 is 14.3 Å². The quantitative estimate of drug-likeness (QED) is 0.592. The number of carbonyl (C=O) groups excluding carboxylic acids is 2. The normalized spacial score (nSPS) is 11.9. The van der Waals surface area contributed by atoms with Gasteiger partial charge in [0.15, 0.2) is 6.61 Å². The first-order valence-electron chi connectivity index (χ1n) is 8.24. The molecule has 0 aliphatic carbocycles. The monoisotopic (exact) mass is 353 g/mol. The molecule has 3 rings (SSSR count). The van der Waals surface area contributed by atoms with Crippen LogP contribution in [0.5, 0.6) is 0 Å². The molecule has 3 N–H and O–H groups in total. The van der Waals surface area contributed by atoms with Crippen molar-refractivity contribution in [1.29, 1.82) is 0 Å². The van der Waals surface area contributed by atoms with E-state index in [-0.39, 0.29) is 24.6 Å². The van der Waals surface area contributed by atoms with Crippen molar-refractivity contribution in [3.8, 4) is 0 Å². The third-order valence-electron chi connectivity index (χ3n) is 4.01. The highest BCUT2D eigenvalue weighted by molar-refractivity contribution is 5.94. The molecule has 0 unspecified atom stereocenters. The first kappa shape index (κ1) is 17.5. The highest BCUT2D eigenvalue weighted by Gasteiger charge is 2.14. The standard InChI is InChI=1S/C19H19N3O4/c1-12(13-5-3-2-4-6-13)9-18(24)26-11-17(23)20-14-7-8-15-16(10-14)22-19(25)21-15/h2-8,10,12H,9,11H2,1H3,(H,20,23)(H2,21,22,25)/t12-/m0/s1. The number of anilines is 1. The molecule has 0 saturated carbocycles. The van der Waals surface area contributed by atoms with Gasteiger partial charge in [-0.15, -0.1) is 0 Å². The van der Waals surface area contributed by atoms with E-state index in [0.29, 0.717) is 16.7 Å². The number of hydrogen-bond donors (Lipinski definition) is 3. The number of nitrogens with one attached hydrogen (secondary N) is 3. The maximum atomic E-state index is 11.9. The van der Waals surface area contributed by atoms with Gasteiger partial charge in [-0.2, -0.15) is 0 Å². The molecule has 0 saturated heterocycles. The number of carbonyl (C=O) groups is 2. The zero-order chi connectivity index (χ0) is 18.5. The molecule has 7 nitrogen and oxygen atoms in total. The number of aromatic amines is 2. The molecule has 0 aliphatic heterocycles. The summed E-state index contributed by atoms with van der Waals surface area (Å²) in [6, 6.07) is 14.6. The Morgan fingerprint density at radius 3 is 2.58 bits per heavy atom. The lowest BCUT2D eigenvalue weighted by Gasteiger charge is -2.11. The van der Waals surface area contributed by atoms with Gasteiger partial charge in [-0.1, -0.05) is 37.3 Å². The number of fused-ring (bicyclic) bond motifs is 1. The van der Waals surface area contributed by atoms with E-state index >= 15 is 0 Å². The van der Waals surface area contributed by atoms with Crippen LogP contribution in [0.2, 0.25) is 0 Å². The van der Waals surface area contributed by atoms with E-state index in [9.17, 15) is 14.4 Å². The number of esters is 1. The topological polar surface area (TPSA) is 104 Å². The first-order chi connectivity index (χ1) is 12.5. The van der Waals surface area contributed by atoms with Gasteiger partial charge in [-0.25, -0.2) is 4.79 Å². The molecule has 3 aromatic rings. The zero-order valence-electron chi connectivity index (χ0n) is 14.2. The van der Waals surface area contributed by atoms with E-state index in [1.165, 1.54) is 0 Å². The second-order valence-electron chi connectivity index (χ2n) is 6.06. The predicted octanol–water partition coefficient (Wildman–Crippen LogP) is 2.53. The molecule has 1 atom stereocenters. The van der Waals surface area contributed by atoms with Crippen molar-refractivity contribution in [2.24, 2.45) is 0 Å². The predicted molar refractivity (Wildman–Crippen MR) is 98.0 cm³/mol. The summed E-state index contributed by atoms with van der Waals surface area (Å²) in [6.45, 7) is 1.57. The van der Waals surface area contributed by atoms with Gasteiger partial charge in [0.25, 0.3) is 5.91 Å². The lowest BCUT2D eigenvalue weighted by atomic mass is 9.98. The van der Waals surface area contributed by atoms with Crippen LogP contribution in [-0.4, -0.2) is 28.5 Å². The van der Waals surface area contributed by atoms with Gasteiger partial charge in [0.05, 0.1) is 17.5 Å². The number of aromatic nitrogens is 2. The minimum atomic E-state index is -0.442. The summed E-state index contributed by atoms with van der Waals surface area (Å²) in [5, 5.41) is 2.63.